The van der Waals surface area contributed by atoms with E-state index in [2.05, 4.69) is 26.8 Å². The zero-order valence-corrected chi connectivity index (χ0v) is 18.6. The Labute approximate surface area is 189 Å². The smallest absolute Gasteiger partial charge is 0.276 e. The van der Waals surface area contributed by atoms with E-state index in [0.717, 1.165) is 22.0 Å². The fraction of sp³-hybridized carbons (Fsp3) is 0.167. The largest absolute Gasteiger partial charge is 0.493 e. The number of amides is 2. The highest BCUT2D eigenvalue weighted by Gasteiger charge is 2.15. The summed E-state index contributed by atoms with van der Waals surface area (Å²) in [5.41, 5.74) is 6.97. The first-order valence-electron chi connectivity index (χ1n) is 9.87. The number of nitrogens with one attached hydrogen (secondary N) is 2. The molecule has 0 aliphatic carbocycles. The Morgan fingerprint density at radius 2 is 1.61 bits per heavy atom. The number of hydrogen-bond acceptors (Lipinski definition) is 4. The highest BCUT2D eigenvalue weighted by Crippen LogP contribution is 2.29. The summed E-state index contributed by atoms with van der Waals surface area (Å²) in [6, 6.07) is 22.4. The molecule has 3 aromatic rings. The lowest BCUT2D eigenvalue weighted by molar-refractivity contribution is -0.123. The predicted octanol–water partition coefficient (Wildman–Crippen LogP) is 4.74. The van der Waals surface area contributed by atoms with Crippen molar-refractivity contribution in [3.63, 3.8) is 0 Å². The van der Waals surface area contributed by atoms with Crippen molar-refractivity contribution >= 4 is 27.7 Å². The molecule has 0 unspecified atom stereocenters. The quantitative estimate of drug-likeness (QED) is 0.454. The minimum absolute atomic E-state index is 0.248. The van der Waals surface area contributed by atoms with Gasteiger partial charge in [0.15, 0.2) is 6.61 Å². The van der Waals surface area contributed by atoms with E-state index < -0.39 is 11.8 Å². The van der Waals surface area contributed by atoms with E-state index in [1.807, 2.05) is 55.5 Å². The number of para-hydroxylation sites is 1. The topological polar surface area (TPSA) is 76.7 Å². The van der Waals surface area contributed by atoms with E-state index in [4.69, 9.17) is 9.47 Å². The van der Waals surface area contributed by atoms with Gasteiger partial charge in [-0.05, 0) is 36.2 Å². The minimum atomic E-state index is -0.484. The summed E-state index contributed by atoms with van der Waals surface area (Å²) in [5.74, 6) is 0.0648. The van der Waals surface area contributed by atoms with Crippen LogP contribution >= 0.6 is 15.9 Å². The number of rotatable bonds is 8. The molecule has 6 nitrogen and oxygen atoms in total. The number of hydrazine groups is 1. The molecule has 0 heterocycles. The van der Waals surface area contributed by atoms with Gasteiger partial charge in [0, 0.05) is 10.0 Å². The highest BCUT2D eigenvalue weighted by atomic mass is 79.9. The second-order valence-electron chi connectivity index (χ2n) is 6.64. The van der Waals surface area contributed by atoms with Crippen LogP contribution in [0.4, 0.5) is 0 Å². The van der Waals surface area contributed by atoms with Crippen molar-refractivity contribution in [2.75, 3.05) is 13.2 Å². The lowest BCUT2D eigenvalue weighted by atomic mass is 10.1. The third kappa shape index (κ3) is 6.33. The van der Waals surface area contributed by atoms with Gasteiger partial charge in [0.25, 0.3) is 11.8 Å². The summed E-state index contributed by atoms with van der Waals surface area (Å²) >= 11 is 3.35. The van der Waals surface area contributed by atoms with Crippen LogP contribution in [0.15, 0.2) is 77.3 Å². The molecule has 2 amide bonds. The van der Waals surface area contributed by atoms with Crippen LogP contribution in [0.5, 0.6) is 11.5 Å². The van der Waals surface area contributed by atoms with Gasteiger partial charge in [-0.15, -0.1) is 0 Å². The fourth-order valence-corrected chi connectivity index (χ4v) is 3.20. The molecule has 0 bridgehead atoms. The van der Waals surface area contributed by atoms with E-state index in [1.54, 1.807) is 24.3 Å². The number of hydrogen-bond donors (Lipinski definition) is 2. The van der Waals surface area contributed by atoms with E-state index in [1.165, 1.54) is 0 Å². The SMILES string of the molecule is CCCOc1ccc(Br)cc1C(=O)NNC(=O)COc1ccccc1-c1ccccc1. The van der Waals surface area contributed by atoms with Gasteiger partial charge in [0.1, 0.15) is 11.5 Å². The Bertz CT molecular complexity index is 1040. The van der Waals surface area contributed by atoms with Crippen molar-refractivity contribution in [2.24, 2.45) is 0 Å². The van der Waals surface area contributed by atoms with Crippen LogP contribution in [0.1, 0.15) is 23.7 Å². The summed E-state index contributed by atoms with van der Waals surface area (Å²) in [6.07, 6.45) is 0.815. The molecule has 0 atom stereocenters. The lowest BCUT2D eigenvalue weighted by Gasteiger charge is -2.14. The Morgan fingerprint density at radius 1 is 0.871 bits per heavy atom. The summed E-state index contributed by atoms with van der Waals surface area (Å²) < 4.78 is 12.0. The van der Waals surface area contributed by atoms with Crippen LogP contribution < -0.4 is 20.3 Å². The standard InChI is InChI=1S/C24H23BrN2O4/c1-2-14-30-22-13-12-18(25)15-20(22)24(29)27-26-23(28)16-31-21-11-7-6-10-19(21)17-8-4-3-5-9-17/h3-13,15H,2,14,16H2,1H3,(H,26,28)(H,27,29). The maximum Gasteiger partial charge on any atom is 0.276 e. The van der Waals surface area contributed by atoms with Crippen molar-refractivity contribution in [3.8, 4) is 22.6 Å². The van der Waals surface area contributed by atoms with Crippen LogP contribution in [-0.2, 0) is 4.79 Å². The molecule has 0 saturated carbocycles. The first kappa shape index (κ1) is 22.4. The second kappa shape index (κ2) is 11.2. The molecular weight excluding hydrogens is 460 g/mol. The van der Waals surface area contributed by atoms with Gasteiger partial charge < -0.3 is 9.47 Å². The van der Waals surface area contributed by atoms with Crippen LogP contribution in [0.3, 0.4) is 0 Å². The van der Waals surface area contributed by atoms with Gasteiger partial charge in [-0.25, -0.2) is 0 Å². The molecule has 31 heavy (non-hydrogen) atoms. The van der Waals surface area contributed by atoms with Crippen molar-refractivity contribution in [3.05, 3.63) is 82.8 Å². The van der Waals surface area contributed by atoms with Gasteiger partial charge >= 0.3 is 0 Å². The lowest BCUT2D eigenvalue weighted by Crippen LogP contribution is -2.44. The molecular formula is C24H23BrN2O4. The monoisotopic (exact) mass is 482 g/mol. The number of ether oxygens (including phenoxy) is 2. The number of halogens is 1. The van der Waals surface area contributed by atoms with Crippen molar-refractivity contribution in [2.45, 2.75) is 13.3 Å². The molecule has 160 valence electrons. The van der Waals surface area contributed by atoms with Crippen LogP contribution in [-0.4, -0.2) is 25.0 Å². The summed E-state index contributed by atoms with van der Waals surface area (Å²) in [4.78, 5) is 24.8. The van der Waals surface area contributed by atoms with Crippen molar-refractivity contribution in [1.29, 1.82) is 0 Å². The van der Waals surface area contributed by atoms with Crippen LogP contribution in [0.25, 0.3) is 11.1 Å². The molecule has 3 aromatic carbocycles. The van der Waals surface area contributed by atoms with E-state index in [-0.39, 0.29) is 6.61 Å². The zero-order valence-electron chi connectivity index (χ0n) is 17.1. The van der Waals surface area contributed by atoms with E-state index >= 15 is 0 Å². The van der Waals surface area contributed by atoms with Gasteiger partial charge in [0.05, 0.1) is 12.2 Å². The van der Waals surface area contributed by atoms with Crippen molar-refractivity contribution in [1.82, 2.24) is 10.9 Å². The maximum atomic E-state index is 12.5. The molecule has 3 rings (SSSR count). The average molecular weight is 483 g/mol. The van der Waals surface area contributed by atoms with Gasteiger partial charge in [0.2, 0.25) is 0 Å². The van der Waals surface area contributed by atoms with Crippen molar-refractivity contribution < 1.29 is 19.1 Å². The van der Waals surface area contributed by atoms with Gasteiger partial charge in [-0.1, -0.05) is 71.4 Å². The third-order valence-electron chi connectivity index (χ3n) is 4.29. The highest BCUT2D eigenvalue weighted by molar-refractivity contribution is 9.10. The molecule has 2 N–H and O–H groups in total. The van der Waals surface area contributed by atoms with Crippen LogP contribution in [0, 0.1) is 0 Å². The summed E-state index contributed by atoms with van der Waals surface area (Å²) in [7, 11) is 0. The summed E-state index contributed by atoms with van der Waals surface area (Å²) in [6.45, 7) is 2.22. The van der Waals surface area contributed by atoms with E-state index in [0.29, 0.717) is 23.7 Å². The molecule has 0 spiro atoms. The minimum Gasteiger partial charge on any atom is -0.493 e. The Kier molecular flexibility index (Phi) is 8.06. The fourth-order valence-electron chi connectivity index (χ4n) is 2.84. The van der Waals surface area contributed by atoms with Gasteiger partial charge in [-0.2, -0.15) is 0 Å². The Balaban J connectivity index is 1.58. The molecule has 0 saturated heterocycles. The van der Waals surface area contributed by atoms with E-state index in [9.17, 15) is 9.59 Å². The zero-order chi connectivity index (χ0) is 22.1. The molecule has 0 aliphatic rings. The molecule has 7 heteroatoms. The van der Waals surface area contributed by atoms with Crippen LogP contribution in [0.2, 0.25) is 0 Å². The number of carbonyl (C=O) groups is 2. The number of benzene rings is 3. The Morgan fingerprint density at radius 3 is 2.39 bits per heavy atom. The first-order valence-corrected chi connectivity index (χ1v) is 10.7. The summed E-state index contributed by atoms with van der Waals surface area (Å²) in [5, 5.41) is 0. The molecule has 0 radical (unpaired) electrons. The molecule has 0 fully saturated rings. The first-order chi connectivity index (χ1) is 15.1. The second-order valence-corrected chi connectivity index (χ2v) is 7.56. The third-order valence-corrected chi connectivity index (χ3v) is 4.79. The normalized spacial score (nSPS) is 10.3. The Hall–Kier alpha value is -3.32. The maximum absolute atomic E-state index is 12.5. The average Bonchev–Trinajstić information content (AvgIpc) is 2.81. The van der Waals surface area contributed by atoms with Gasteiger partial charge in [-0.3, -0.25) is 20.4 Å². The molecule has 0 aromatic heterocycles. The predicted molar refractivity (Wildman–Crippen MR) is 123 cm³/mol. The number of carbonyl (C=O) groups excluding carboxylic acids is 2. The molecule has 0 aliphatic heterocycles.